The summed E-state index contributed by atoms with van der Waals surface area (Å²) in [6.07, 6.45) is 1.01. The van der Waals surface area contributed by atoms with E-state index in [9.17, 15) is 19.2 Å². The first-order valence-electron chi connectivity index (χ1n) is 10.4. The number of carbonyl (C=O) groups is 4. The molecule has 3 rings (SSSR count). The quantitative estimate of drug-likeness (QED) is 0.381. The van der Waals surface area contributed by atoms with Crippen molar-refractivity contribution in [3.05, 3.63) is 71.3 Å². The first-order valence-corrected chi connectivity index (χ1v) is 10.4. The van der Waals surface area contributed by atoms with Crippen molar-refractivity contribution in [2.45, 2.75) is 32.7 Å². The highest BCUT2D eigenvalue weighted by atomic mass is 16.5. The van der Waals surface area contributed by atoms with Crippen LogP contribution >= 0.6 is 0 Å². The van der Waals surface area contributed by atoms with Gasteiger partial charge in [-0.25, -0.2) is 4.79 Å². The molecule has 7 heteroatoms. The van der Waals surface area contributed by atoms with Crippen LogP contribution in [0.2, 0.25) is 0 Å². The molecule has 0 saturated heterocycles. The average molecular weight is 422 g/mol. The van der Waals surface area contributed by atoms with Crippen LogP contribution in [0.25, 0.3) is 0 Å². The number of esters is 1. The molecule has 0 aliphatic carbocycles. The van der Waals surface area contributed by atoms with Gasteiger partial charge in [0.05, 0.1) is 17.7 Å². The fourth-order valence-electron chi connectivity index (χ4n) is 3.39. The molecule has 0 radical (unpaired) electrons. The molecule has 2 aromatic carbocycles. The van der Waals surface area contributed by atoms with Gasteiger partial charge < -0.3 is 10.1 Å². The largest absolute Gasteiger partial charge is 0.464 e. The second-order valence-corrected chi connectivity index (χ2v) is 7.74. The standard InChI is InChI=1S/C24H26N2O5/c1-16(2)20(25-21(27)17-10-4-3-5-11-17)24(30)31-15-9-8-14-26-22(28)18-12-6-7-13-19(18)23(26)29/h3-7,10-13,16,20H,8-9,14-15H2,1-2H3,(H,25,27)/t20-/m0/s1. The zero-order chi connectivity index (χ0) is 22.4. The molecule has 1 aliphatic heterocycles. The predicted octanol–water partition coefficient (Wildman–Crippen LogP) is 3.06. The van der Waals surface area contributed by atoms with Crippen molar-refractivity contribution in [2.24, 2.45) is 5.92 Å². The zero-order valence-corrected chi connectivity index (χ0v) is 17.7. The van der Waals surface area contributed by atoms with Gasteiger partial charge in [-0.05, 0) is 43.0 Å². The van der Waals surface area contributed by atoms with Crippen LogP contribution in [0.5, 0.6) is 0 Å². The van der Waals surface area contributed by atoms with Crippen molar-refractivity contribution >= 4 is 23.7 Å². The van der Waals surface area contributed by atoms with E-state index in [0.717, 1.165) is 0 Å². The molecule has 1 heterocycles. The Morgan fingerprint density at radius 3 is 2.06 bits per heavy atom. The molecule has 1 aliphatic rings. The maximum atomic E-state index is 12.5. The molecule has 2 aromatic rings. The third kappa shape index (κ3) is 5.17. The van der Waals surface area contributed by atoms with Gasteiger partial charge in [0.2, 0.25) is 0 Å². The Bertz CT molecular complexity index is 936. The molecule has 0 aromatic heterocycles. The van der Waals surface area contributed by atoms with Gasteiger partial charge in [0.25, 0.3) is 17.7 Å². The second-order valence-electron chi connectivity index (χ2n) is 7.74. The normalized spacial score (nSPS) is 13.8. The highest BCUT2D eigenvalue weighted by Crippen LogP contribution is 2.22. The molecular weight excluding hydrogens is 396 g/mol. The van der Waals surface area contributed by atoms with Crippen LogP contribution in [0, 0.1) is 5.92 Å². The van der Waals surface area contributed by atoms with Crippen molar-refractivity contribution < 1.29 is 23.9 Å². The lowest BCUT2D eigenvalue weighted by Gasteiger charge is -2.21. The number of nitrogens with zero attached hydrogens (tertiary/aromatic N) is 1. The van der Waals surface area contributed by atoms with E-state index < -0.39 is 12.0 Å². The van der Waals surface area contributed by atoms with Crippen LogP contribution in [-0.2, 0) is 9.53 Å². The molecule has 0 saturated carbocycles. The van der Waals surface area contributed by atoms with E-state index in [2.05, 4.69) is 5.32 Å². The van der Waals surface area contributed by atoms with Crippen LogP contribution in [0.1, 0.15) is 57.8 Å². The third-order valence-electron chi connectivity index (χ3n) is 5.14. The van der Waals surface area contributed by atoms with Gasteiger partial charge in [-0.2, -0.15) is 0 Å². The Labute approximate surface area is 181 Å². The predicted molar refractivity (Wildman–Crippen MR) is 115 cm³/mol. The van der Waals surface area contributed by atoms with E-state index in [1.165, 1.54) is 4.90 Å². The van der Waals surface area contributed by atoms with Gasteiger partial charge in [-0.1, -0.05) is 44.2 Å². The summed E-state index contributed by atoms with van der Waals surface area (Å²) < 4.78 is 5.34. The summed E-state index contributed by atoms with van der Waals surface area (Å²) >= 11 is 0. The Morgan fingerprint density at radius 2 is 1.48 bits per heavy atom. The van der Waals surface area contributed by atoms with Crippen LogP contribution in [0.4, 0.5) is 0 Å². The van der Waals surface area contributed by atoms with Gasteiger partial charge in [-0.3, -0.25) is 19.3 Å². The topological polar surface area (TPSA) is 92.8 Å². The summed E-state index contributed by atoms with van der Waals surface area (Å²) in [5.41, 5.74) is 1.32. The summed E-state index contributed by atoms with van der Waals surface area (Å²) in [4.78, 5) is 50.7. The minimum absolute atomic E-state index is 0.140. The number of ether oxygens (including phenoxy) is 1. The number of amides is 3. The van der Waals surface area contributed by atoms with Crippen LogP contribution in [-0.4, -0.2) is 47.8 Å². The first-order chi connectivity index (χ1) is 14.9. The maximum Gasteiger partial charge on any atom is 0.328 e. The molecule has 0 spiro atoms. The first kappa shape index (κ1) is 22.2. The molecule has 0 unspecified atom stereocenters. The maximum absolute atomic E-state index is 12.5. The van der Waals surface area contributed by atoms with Crippen molar-refractivity contribution in [3.63, 3.8) is 0 Å². The van der Waals surface area contributed by atoms with Gasteiger partial charge in [0.1, 0.15) is 6.04 Å². The highest BCUT2D eigenvalue weighted by molar-refractivity contribution is 6.21. The van der Waals surface area contributed by atoms with E-state index in [1.807, 2.05) is 19.9 Å². The van der Waals surface area contributed by atoms with Crippen LogP contribution < -0.4 is 5.32 Å². The number of benzene rings is 2. The van der Waals surface area contributed by atoms with E-state index in [-0.39, 0.29) is 36.8 Å². The number of rotatable bonds is 9. The number of carbonyl (C=O) groups excluding carboxylic acids is 4. The number of nitrogens with one attached hydrogen (secondary N) is 1. The number of hydrogen-bond donors (Lipinski definition) is 1. The molecule has 162 valence electrons. The van der Waals surface area contributed by atoms with Crippen molar-refractivity contribution in [2.75, 3.05) is 13.2 Å². The molecule has 3 amide bonds. The summed E-state index contributed by atoms with van der Waals surface area (Å²) in [5.74, 6) is -1.55. The number of imide groups is 1. The smallest absolute Gasteiger partial charge is 0.328 e. The number of unbranched alkanes of at least 4 members (excludes halogenated alkanes) is 1. The number of hydrogen-bond acceptors (Lipinski definition) is 5. The van der Waals surface area contributed by atoms with Crippen molar-refractivity contribution in [3.8, 4) is 0 Å². The molecular formula is C24H26N2O5. The Hall–Kier alpha value is -3.48. The van der Waals surface area contributed by atoms with Gasteiger partial charge in [0, 0.05) is 12.1 Å². The lowest BCUT2D eigenvalue weighted by Crippen LogP contribution is -2.45. The Balaban J connectivity index is 1.44. The SMILES string of the molecule is CC(C)[C@H](NC(=O)c1ccccc1)C(=O)OCCCCN1C(=O)c2ccccc2C1=O. The summed E-state index contributed by atoms with van der Waals surface area (Å²) in [6.45, 7) is 4.08. The van der Waals surface area contributed by atoms with Crippen molar-refractivity contribution in [1.82, 2.24) is 10.2 Å². The molecule has 0 fully saturated rings. The summed E-state index contributed by atoms with van der Waals surface area (Å²) in [5, 5.41) is 2.73. The Morgan fingerprint density at radius 1 is 0.903 bits per heavy atom. The van der Waals surface area contributed by atoms with E-state index in [4.69, 9.17) is 4.74 Å². The van der Waals surface area contributed by atoms with Crippen LogP contribution in [0.15, 0.2) is 54.6 Å². The van der Waals surface area contributed by atoms with E-state index >= 15 is 0 Å². The molecule has 31 heavy (non-hydrogen) atoms. The van der Waals surface area contributed by atoms with Crippen LogP contribution in [0.3, 0.4) is 0 Å². The van der Waals surface area contributed by atoms with Crippen molar-refractivity contribution in [1.29, 1.82) is 0 Å². The third-order valence-corrected chi connectivity index (χ3v) is 5.14. The van der Waals surface area contributed by atoms with E-state index in [0.29, 0.717) is 29.5 Å². The summed E-state index contributed by atoms with van der Waals surface area (Å²) in [6, 6.07) is 14.7. The second kappa shape index (κ2) is 10.0. The molecule has 1 atom stereocenters. The summed E-state index contributed by atoms with van der Waals surface area (Å²) in [7, 11) is 0. The molecule has 0 bridgehead atoms. The fraction of sp³-hybridized carbons (Fsp3) is 0.333. The monoisotopic (exact) mass is 422 g/mol. The zero-order valence-electron chi connectivity index (χ0n) is 17.7. The van der Waals surface area contributed by atoms with Gasteiger partial charge in [0.15, 0.2) is 0 Å². The lowest BCUT2D eigenvalue weighted by molar-refractivity contribution is -0.147. The fourth-order valence-corrected chi connectivity index (χ4v) is 3.39. The minimum Gasteiger partial charge on any atom is -0.464 e. The Kier molecular flexibility index (Phi) is 7.18. The molecule has 1 N–H and O–H groups in total. The average Bonchev–Trinajstić information content (AvgIpc) is 3.02. The van der Waals surface area contributed by atoms with Gasteiger partial charge in [-0.15, -0.1) is 0 Å². The number of fused-ring (bicyclic) bond motifs is 1. The lowest BCUT2D eigenvalue weighted by atomic mass is 10.0. The van der Waals surface area contributed by atoms with Gasteiger partial charge >= 0.3 is 5.97 Å². The minimum atomic E-state index is -0.760. The molecule has 7 nitrogen and oxygen atoms in total. The van der Waals surface area contributed by atoms with E-state index in [1.54, 1.807) is 48.5 Å². The highest BCUT2D eigenvalue weighted by Gasteiger charge is 2.34.